The third-order valence-corrected chi connectivity index (χ3v) is 4.87. The highest BCUT2D eigenvalue weighted by Gasteiger charge is 2.17. The number of rotatable bonds is 5. The summed E-state index contributed by atoms with van der Waals surface area (Å²) >= 11 is 1.45. The van der Waals surface area contributed by atoms with E-state index in [4.69, 9.17) is 9.47 Å². The van der Waals surface area contributed by atoms with Crippen LogP contribution in [0.2, 0.25) is 0 Å². The number of amides is 1. The minimum atomic E-state index is -0.0368. The fourth-order valence-electron chi connectivity index (χ4n) is 2.51. The molecule has 0 unspecified atom stereocenters. The Morgan fingerprint density at radius 3 is 2.59 bits per heavy atom. The van der Waals surface area contributed by atoms with Crippen molar-refractivity contribution in [2.75, 3.05) is 70.6 Å². The van der Waals surface area contributed by atoms with Crippen molar-refractivity contribution in [1.82, 2.24) is 15.2 Å². The molecule has 1 N–H and O–H groups in total. The zero-order valence-corrected chi connectivity index (χ0v) is 13.4. The molecule has 8 heteroatoms. The molecule has 22 heavy (non-hydrogen) atoms. The molecule has 1 aromatic rings. The Hall–Kier alpha value is -1.22. The lowest BCUT2D eigenvalue weighted by molar-refractivity contribution is 0.0383. The minimum absolute atomic E-state index is 0.0368. The van der Waals surface area contributed by atoms with Gasteiger partial charge in [-0.3, -0.25) is 9.69 Å². The van der Waals surface area contributed by atoms with E-state index in [1.54, 1.807) is 6.20 Å². The Balaban J connectivity index is 1.44. The quantitative estimate of drug-likeness (QED) is 0.824. The summed E-state index contributed by atoms with van der Waals surface area (Å²) in [5.74, 6) is -0.0368. The van der Waals surface area contributed by atoms with Crippen molar-refractivity contribution in [2.45, 2.75) is 0 Å². The second kappa shape index (κ2) is 7.87. The molecule has 0 atom stereocenters. The zero-order chi connectivity index (χ0) is 15.2. The van der Waals surface area contributed by atoms with E-state index in [0.29, 0.717) is 11.4 Å². The van der Waals surface area contributed by atoms with E-state index in [1.165, 1.54) is 11.3 Å². The number of carbonyl (C=O) groups excluding carboxylic acids is 1. The van der Waals surface area contributed by atoms with Gasteiger partial charge in [0.1, 0.15) is 4.88 Å². The van der Waals surface area contributed by atoms with Gasteiger partial charge in [-0.05, 0) is 0 Å². The number of carbonyl (C=O) groups is 1. The number of ether oxygens (including phenoxy) is 2. The number of nitrogens with one attached hydrogen (secondary N) is 1. The summed E-state index contributed by atoms with van der Waals surface area (Å²) in [4.78, 5) is 21.7. The van der Waals surface area contributed by atoms with Crippen molar-refractivity contribution >= 4 is 22.4 Å². The van der Waals surface area contributed by atoms with Gasteiger partial charge in [0.2, 0.25) is 0 Å². The molecule has 2 aliphatic rings. The van der Waals surface area contributed by atoms with Crippen molar-refractivity contribution in [3.05, 3.63) is 11.1 Å². The van der Waals surface area contributed by atoms with Crippen LogP contribution in [-0.2, 0) is 9.47 Å². The summed E-state index contributed by atoms with van der Waals surface area (Å²) in [6, 6.07) is 0. The Labute approximate surface area is 134 Å². The van der Waals surface area contributed by atoms with E-state index in [9.17, 15) is 4.79 Å². The van der Waals surface area contributed by atoms with Crippen LogP contribution < -0.4 is 10.2 Å². The van der Waals surface area contributed by atoms with Crippen LogP contribution in [0.1, 0.15) is 9.67 Å². The van der Waals surface area contributed by atoms with Crippen molar-refractivity contribution in [3.63, 3.8) is 0 Å². The first-order chi connectivity index (χ1) is 10.8. The summed E-state index contributed by atoms with van der Waals surface area (Å²) in [5.41, 5.74) is 0. The Morgan fingerprint density at radius 1 is 1.18 bits per heavy atom. The molecule has 3 rings (SSSR count). The van der Waals surface area contributed by atoms with E-state index >= 15 is 0 Å². The summed E-state index contributed by atoms with van der Waals surface area (Å²) in [6.07, 6.45) is 1.67. The average molecular weight is 326 g/mol. The Morgan fingerprint density at radius 2 is 1.86 bits per heavy atom. The van der Waals surface area contributed by atoms with Crippen molar-refractivity contribution < 1.29 is 14.3 Å². The monoisotopic (exact) mass is 326 g/mol. The molecule has 122 valence electrons. The van der Waals surface area contributed by atoms with Crippen LogP contribution in [0.25, 0.3) is 0 Å². The lowest BCUT2D eigenvalue weighted by atomic mass is 10.4. The van der Waals surface area contributed by atoms with Crippen LogP contribution in [0, 0.1) is 0 Å². The smallest absolute Gasteiger partial charge is 0.263 e. The molecule has 1 amide bonds. The van der Waals surface area contributed by atoms with E-state index in [0.717, 1.165) is 64.3 Å². The molecular formula is C14H22N4O3S. The van der Waals surface area contributed by atoms with Gasteiger partial charge >= 0.3 is 0 Å². The second-order valence-corrected chi connectivity index (χ2v) is 6.33. The zero-order valence-electron chi connectivity index (χ0n) is 12.6. The first kappa shape index (κ1) is 15.7. The minimum Gasteiger partial charge on any atom is -0.379 e. The van der Waals surface area contributed by atoms with Crippen LogP contribution in [0.3, 0.4) is 0 Å². The van der Waals surface area contributed by atoms with E-state index in [2.05, 4.69) is 20.1 Å². The van der Waals surface area contributed by atoms with Crippen LogP contribution in [-0.4, -0.2) is 81.5 Å². The maximum absolute atomic E-state index is 12.2. The number of nitrogens with zero attached hydrogens (tertiary/aromatic N) is 3. The second-order valence-electron chi connectivity index (χ2n) is 5.32. The number of hydrogen-bond acceptors (Lipinski definition) is 7. The largest absolute Gasteiger partial charge is 0.379 e. The molecule has 2 fully saturated rings. The highest BCUT2D eigenvalue weighted by molar-refractivity contribution is 7.17. The highest BCUT2D eigenvalue weighted by atomic mass is 32.1. The number of aromatic nitrogens is 1. The molecule has 7 nitrogen and oxygen atoms in total. The standard InChI is InChI=1S/C14H22N4O3S/c19-13(15-1-2-17-3-7-20-8-4-17)12-11-16-14(22-12)18-5-9-21-10-6-18/h11H,1-10H2,(H,15,19). The van der Waals surface area contributed by atoms with Crippen molar-refractivity contribution in [1.29, 1.82) is 0 Å². The first-order valence-corrected chi connectivity index (χ1v) is 8.51. The third kappa shape index (κ3) is 4.16. The van der Waals surface area contributed by atoms with E-state index < -0.39 is 0 Å². The number of anilines is 1. The predicted molar refractivity (Wildman–Crippen MR) is 84.7 cm³/mol. The summed E-state index contributed by atoms with van der Waals surface area (Å²) in [5, 5.41) is 3.87. The molecular weight excluding hydrogens is 304 g/mol. The van der Waals surface area contributed by atoms with Gasteiger partial charge < -0.3 is 19.7 Å². The lowest BCUT2D eigenvalue weighted by Crippen LogP contribution is -2.41. The first-order valence-electron chi connectivity index (χ1n) is 7.70. The SMILES string of the molecule is O=C(NCCN1CCOCC1)c1cnc(N2CCOCC2)s1. The predicted octanol–water partition coefficient (Wildman–Crippen LogP) is 0.0417. The molecule has 1 aromatic heterocycles. The van der Waals surface area contributed by atoms with Gasteiger partial charge in [-0.1, -0.05) is 11.3 Å². The molecule has 0 radical (unpaired) electrons. The van der Waals surface area contributed by atoms with Crippen molar-refractivity contribution in [2.24, 2.45) is 0 Å². The van der Waals surface area contributed by atoms with Crippen molar-refractivity contribution in [3.8, 4) is 0 Å². The van der Waals surface area contributed by atoms with Gasteiger partial charge in [-0.25, -0.2) is 4.98 Å². The molecule has 3 heterocycles. The highest BCUT2D eigenvalue weighted by Crippen LogP contribution is 2.23. The summed E-state index contributed by atoms with van der Waals surface area (Å²) < 4.78 is 10.6. The molecule has 0 spiro atoms. The lowest BCUT2D eigenvalue weighted by Gasteiger charge is -2.26. The van der Waals surface area contributed by atoms with Gasteiger partial charge in [-0.15, -0.1) is 0 Å². The normalized spacial score (nSPS) is 20.1. The van der Waals surface area contributed by atoms with Crippen LogP contribution in [0.4, 0.5) is 5.13 Å². The van der Waals surface area contributed by atoms with Gasteiger partial charge in [0.25, 0.3) is 5.91 Å². The van der Waals surface area contributed by atoms with Crippen LogP contribution in [0.5, 0.6) is 0 Å². The maximum atomic E-state index is 12.2. The molecule has 2 saturated heterocycles. The fraction of sp³-hybridized carbons (Fsp3) is 0.714. The van der Waals surface area contributed by atoms with Gasteiger partial charge in [0.05, 0.1) is 32.6 Å². The topological polar surface area (TPSA) is 66.9 Å². The molecule has 0 aromatic carbocycles. The average Bonchev–Trinajstić information content (AvgIpc) is 3.07. The Kier molecular flexibility index (Phi) is 5.60. The van der Waals surface area contributed by atoms with Gasteiger partial charge in [0.15, 0.2) is 5.13 Å². The summed E-state index contributed by atoms with van der Waals surface area (Å²) in [7, 11) is 0. The molecule has 0 bridgehead atoms. The number of morpholine rings is 2. The van der Waals surface area contributed by atoms with Gasteiger partial charge in [0, 0.05) is 39.3 Å². The van der Waals surface area contributed by atoms with E-state index in [1.807, 2.05) is 0 Å². The van der Waals surface area contributed by atoms with Crippen LogP contribution >= 0.6 is 11.3 Å². The molecule has 2 aliphatic heterocycles. The van der Waals surface area contributed by atoms with Crippen LogP contribution in [0.15, 0.2) is 6.20 Å². The van der Waals surface area contributed by atoms with Gasteiger partial charge in [-0.2, -0.15) is 0 Å². The molecule has 0 aliphatic carbocycles. The number of thiazole rings is 1. The maximum Gasteiger partial charge on any atom is 0.263 e. The molecule has 0 saturated carbocycles. The van der Waals surface area contributed by atoms with E-state index in [-0.39, 0.29) is 5.91 Å². The Bertz CT molecular complexity index is 484. The number of hydrogen-bond donors (Lipinski definition) is 1. The fourth-order valence-corrected chi connectivity index (χ4v) is 3.39. The summed E-state index contributed by atoms with van der Waals surface area (Å²) in [6.45, 7) is 8.10. The third-order valence-electron chi connectivity index (χ3n) is 3.82.